The molecule has 0 spiro atoms. The summed E-state index contributed by atoms with van der Waals surface area (Å²) < 4.78 is 0. The molecule has 1 saturated heterocycles. The van der Waals surface area contributed by atoms with E-state index in [9.17, 15) is 0 Å². The van der Waals surface area contributed by atoms with Crippen molar-refractivity contribution in [2.45, 2.75) is 25.4 Å². The quantitative estimate of drug-likeness (QED) is 0.875. The number of rotatable bonds is 2. The summed E-state index contributed by atoms with van der Waals surface area (Å²) in [6.07, 6.45) is 4.30. The van der Waals surface area contributed by atoms with Crippen LogP contribution in [0.25, 0.3) is 10.9 Å². The monoisotopic (exact) mass is 263 g/mol. The van der Waals surface area contributed by atoms with Crippen LogP contribution in [0.15, 0.2) is 24.4 Å². The molecule has 18 heavy (non-hydrogen) atoms. The number of piperidine rings is 1. The highest BCUT2D eigenvalue weighted by Crippen LogP contribution is 2.24. The van der Waals surface area contributed by atoms with Gasteiger partial charge in [0.15, 0.2) is 0 Å². The van der Waals surface area contributed by atoms with Gasteiger partial charge in [0.1, 0.15) is 0 Å². The van der Waals surface area contributed by atoms with Crippen LogP contribution in [0.3, 0.4) is 0 Å². The lowest BCUT2D eigenvalue weighted by Crippen LogP contribution is -2.39. The molecule has 2 heterocycles. The fourth-order valence-corrected chi connectivity index (χ4v) is 2.81. The average Bonchev–Trinajstić information content (AvgIpc) is 2.74. The minimum Gasteiger partial charge on any atom is -0.361 e. The van der Waals surface area contributed by atoms with Crippen molar-refractivity contribution >= 4 is 22.5 Å². The van der Waals surface area contributed by atoms with E-state index in [4.69, 9.17) is 17.3 Å². The van der Waals surface area contributed by atoms with Gasteiger partial charge in [0.2, 0.25) is 0 Å². The second kappa shape index (κ2) is 4.92. The molecule has 1 aromatic heterocycles. The van der Waals surface area contributed by atoms with Crippen LogP contribution in [0.4, 0.5) is 0 Å². The third-order valence-corrected chi connectivity index (χ3v) is 3.99. The highest BCUT2D eigenvalue weighted by atomic mass is 35.5. The van der Waals surface area contributed by atoms with E-state index < -0.39 is 0 Å². The number of fused-ring (bicyclic) bond motifs is 1. The minimum atomic E-state index is 0.392. The molecule has 3 rings (SSSR count). The Morgan fingerprint density at radius 1 is 1.33 bits per heavy atom. The predicted molar refractivity (Wildman–Crippen MR) is 75.8 cm³/mol. The van der Waals surface area contributed by atoms with Gasteiger partial charge in [-0.15, -0.1) is 0 Å². The smallest absolute Gasteiger partial charge is 0.0472 e. The van der Waals surface area contributed by atoms with E-state index >= 15 is 0 Å². The lowest BCUT2D eigenvalue weighted by molar-refractivity contribution is 0.206. The number of hydrogen-bond donors (Lipinski definition) is 2. The molecule has 3 nitrogen and oxygen atoms in total. The van der Waals surface area contributed by atoms with E-state index in [2.05, 4.69) is 22.1 Å². The van der Waals surface area contributed by atoms with Crippen molar-refractivity contribution in [1.29, 1.82) is 0 Å². The summed E-state index contributed by atoms with van der Waals surface area (Å²) in [7, 11) is 0. The predicted octanol–water partition coefficient (Wildman–Crippen LogP) is 2.74. The number of H-pyrrole nitrogens is 1. The minimum absolute atomic E-state index is 0.392. The normalized spacial score (nSPS) is 18.6. The zero-order valence-electron chi connectivity index (χ0n) is 10.3. The van der Waals surface area contributed by atoms with Crippen molar-refractivity contribution in [3.05, 3.63) is 35.0 Å². The van der Waals surface area contributed by atoms with E-state index in [0.29, 0.717) is 6.04 Å². The number of aromatic amines is 1. The lowest BCUT2D eigenvalue weighted by atomic mass is 10.1. The molecule has 1 aliphatic heterocycles. The first-order valence-corrected chi connectivity index (χ1v) is 6.83. The molecule has 0 saturated carbocycles. The van der Waals surface area contributed by atoms with Gasteiger partial charge in [-0.1, -0.05) is 17.7 Å². The van der Waals surface area contributed by atoms with Crippen LogP contribution in [0.2, 0.25) is 5.02 Å². The second-order valence-electron chi connectivity index (χ2n) is 5.12. The van der Waals surface area contributed by atoms with Crippen molar-refractivity contribution in [3.63, 3.8) is 0 Å². The summed E-state index contributed by atoms with van der Waals surface area (Å²) in [5, 5.41) is 2.05. The molecule has 1 fully saturated rings. The molecule has 1 aromatic carbocycles. The van der Waals surface area contributed by atoms with Crippen LogP contribution in [0.5, 0.6) is 0 Å². The topological polar surface area (TPSA) is 45.0 Å². The summed E-state index contributed by atoms with van der Waals surface area (Å²) in [4.78, 5) is 5.76. The third kappa shape index (κ3) is 2.39. The van der Waals surface area contributed by atoms with Crippen LogP contribution < -0.4 is 5.73 Å². The molecule has 1 aliphatic rings. The zero-order chi connectivity index (χ0) is 12.5. The fourth-order valence-electron chi connectivity index (χ4n) is 2.64. The van der Waals surface area contributed by atoms with Crippen molar-refractivity contribution in [1.82, 2.24) is 9.88 Å². The van der Waals surface area contributed by atoms with Crippen LogP contribution in [-0.2, 0) is 6.54 Å². The summed E-state index contributed by atoms with van der Waals surface area (Å²) in [6.45, 7) is 3.19. The lowest BCUT2D eigenvalue weighted by Gasteiger charge is -2.29. The molecular formula is C14H18ClN3. The third-order valence-electron chi connectivity index (χ3n) is 3.76. The molecule has 0 bridgehead atoms. The van der Waals surface area contributed by atoms with E-state index in [0.717, 1.165) is 43.0 Å². The average molecular weight is 264 g/mol. The second-order valence-corrected chi connectivity index (χ2v) is 5.55. The molecule has 0 radical (unpaired) electrons. The van der Waals surface area contributed by atoms with Crippen LogP contribution in [0.1, 0.15) is 18.4 Å². The Morgan fingerprint density at radius 3 is 2.89 bits per heavy atom. The van der Waals surface area contributed by atoms with Gasteiger partial charge in [-0.05, 0) is 43.6 Å². The highest BCUT2D eigenvalue weighted by molar-refractivity contribution is 6.31. The van der Waals surface area contributed by atoms with Gasteiger partial charge >= 0.3 is 0 Å². The Morgan fingerprint density at radius 2 is 2.11 bits per heavy atom. The largest absolute Gasteiger partial charge is 0.361 e. The first kappa shape index (κ1) is 12.0. The van der Waals surface area contributed by atoms with Crippen molar-refractivity contribution in [3.8, 4) is 0 Å². The molecular weight excluding hydrogens is 246 g/mol. The molecule has 2 aromatic rings. The van der Waals surface area contributed by atoms with Crippen LogP contribution in [-0.4, -0.2) is 29.0 Å². The van der Waals surface area contributed by atoms with Gasteiger partial charge in [-0.25, -0.2) is 0 Å². The molecule has 3 N–H and O–H groups in total. The van der Waals surface area contributed by atoms with Gasteiger partial charge in [0.05, 0.1) is 0 Å². The number of nitrogens with one attached hydrogen (secondary N) is 1. The van der Waals surface area contributed by atoms with Gasteiger partial charge in [-0.3, -0.25) is 4.90 Å². The Kier molecular flexibility index (Phi) is 3.29. The maximum absolute atomic E-state index is 5.99. The number of nitrogens with zero attached hydrogens (tertiary/aromatic N) is 1. The number of aromatic nitrogens is 1. The van der Waals surface area contributed by atoms with Gasteiger partial charge in [0.25, 0.3) is 0 Å². The standard InChI is InChI=1S/C14H18ClN3/c15-11-1-2-13-10(8-17-14(13)7-11)9-18-5-3-12(16)4-6-18/h1-2,7-8,12,17H,3-6,9,16H2. The van der Waals surface area contributed by atoms with Crippen LogP contribution in [0, 0.1) is 0 Å². The van der Waals surface area contributed by atoms with Gasteiger partial charge in [0, 0.05) is 34.7 Å². The van der Waals surface area contributed by atoms with Crippen molar-refractivity contribution in [2.75, 3.05) is 13.1 Å². The summed E-state index contributed by atoms with van der Waals surface area (Å²) in [5.41, 5.74) is 8.39. The van der Waals surface area contributed by atoms with Gasteiger partial charge in [-0.2, -0.15) is 0 Å². The Labute approximate surface area is 112 Å². The molecule has 0 atom stereocenters. The molecule has 4 heteroatoms. The van der Waals surface area contributed by atoms with Gasteiger partial charge < -0.3 is 10.7 Å². The van der Waals surface area contributed by atoms with E-state index in [-0.39, 0.29) is 0 Å². The Balaban J connectivity index is 1.78. The number of benzene rings is 1. The number of nitrogens with two attached hydrogens (primary N) is 1. The van der Waals surface area contributed by atoms with Crippen molar-refractivity contribution < 1.29 is 0 Å². The Hall–Kier alpha value is -1.03. The number of hydrogen-bond acceptors (Lipinski definition) is 2. The van der Waals surface area contributed by atoms with E-state index in [1.165, 1.54) is 10.9 Å². The summed E-state index contributed by atoms with van der Waals surface area (Å²) >= 11 is 5.99. The maximum atomic E-state index is 5.99. The SMILES string of the molecule is NC1CCN(Cc2c[nH]c3cc(Cl)ccc23)CC1. The first-order chi connectivity index (χ1) is 8.72. The first-order valence-electron chi connectivity index (χ1n) is 6.46. The number of likely N-dealkylation sites (tertiary alicyclic amines) is 1. The van der Waals surface area contributed by atoms with Crippen LogP contribution >= 0.6 is 11.6 Å². The number of halogens is 1. The molecule has 96 valence electrons. The van der Waals surface area contributed by atoms with E-state index in [1.54, 1.807) is 0 Å². The maximum Gasteiger partial charge on any atom is 0.0472 e. The van der Waals surface area contributed by atoms with Crippen molar-refractivity contribution in [2.24, 2.45) is 5.73 Å². The highest BCUT2D eigenvalue weighted by Gasteiger charge is 2.17. The summed E-state index contributed by atoms with van der Waals surface area (Å²) in [5.74, 6) is 0. The molecule has 0 unspecified atom stereocenters. The fraction of sp³-hybridized carbons (Fsp3) is 0.429. The Bertz CT molecular complexity index is 541. The molecule has 0 amide bonds. The zero-order valence-corrected chi connectivity index (χ0v) is 11.1. The summed E-state index contributed by atoms with van der Waals surface area (Å²) in [6, 6.07) is 6.42. The van der Waals surface area contributed by atoms with E-state index in [1.807, 2.05) is 12.1 Å². The molecule has 0 aliphatic carbocycles.